The number of alkyl halides is 2. The molecule has 0 saturated heterocycles. The van der Waals surface area contributed by atoms with Crippen LogP contribution in [0.2, 0.25) is 5.02 Å². The number of halogens is 3. The van der Waals surface area contributed by atoms with Crippen LogP contribution in [0.5, 0.6) is 17.2 Å². The highest BCUT2D eigenvalue weighted by Gasteiger charge is 2.17. The Morgan fingerprint density at radius 1 is 1.12 bits per heavy atom. The van der Waals surface area contributed by atoms with E-state index in [-0.39, 0.29) is 17.2 Å². The Kier molecular flexibility index (Phi) is 6.63. The third-order valence-corrected chi connectivity index (χ3v) is 3.88. The molecule has 8 heteroatoms. The number of anilines is 1. The molecule has 26 heavy (non-hydrogen) atoms. The molecule has 2 aromatic carbocycles. The molecule has 140 valence electrons. The zero-order valence-corrected chi connectivity index (χ0v) is 15.1. The largest absolute Gasteiger partial charge is 0.493 e. The first-order chi connectivity index (χ1) is 12.3. The van der Waals surface area contributed by atoms with Gasteiger partial charge in [-0.3, -0.25) is 4.79 Å². The zero-order chi connectivity index (χ0) is 19.3. The first kappa shape index (κ1) is 19.8. The molecule has 2 aromatic rings. The molecule has 0 bridgehead atoms. The molecule has 0 aliphatic heterocycles. The molecule has 0 aliphatic carbocycles. The van der Waals surface area contributed by atoms with Gasteiger partial charge in [-0.2, -0.15) is 8.78 Å². The highest BCUT2D eigenvalue weighted by molar-refractivity contribution is 6.31. The number of ether oxygens (including phenoxy) is 3. The normalized spacial score (nSPS) is 11.8. The van der Waals surface area contributed by atoms with Crippen molar-refractivity contribution >= 4 is 23.2 Å². The van der Waals surface area contributed by atoms with Crippen LogP contribution in [0.15, 0.2) is 36.4 Å². The Balaban J connectivity index is 2.07. The van der Waals surface area contributed by atoms with E-state index in [2.05, 4.69) is 10.1 Å². The summed E-state index contributed by atoms with van der Waals surface area (Å²) >= 11 is 5.95. The second-order valence-electron chi connectivity index (χ2n) is 5.40. The Morgan fingerprint density at radius 2 is 1.85 bits per heavy atom. The van der Waals surface area contributed by atoms with Crippen molar-refractivity contribution in [2.75, 3.05) is 12.4 Å². The van der Waals surface area contributed by atoms with Gasteiger partial charge >= 0.3 is 6.61 Å². The standard InChI is InChI=1S/C18H18ClF2NO4/c1-10-8-13(5-6-14(10)19)25-11(2)17(23)22-12-4-7-15(24-3)16(9-12)26-18(20)21/h4-9,11,18H,1-3H3,(H,22,23). The highest BCUT2D eigenvalue weighted by Crippen LogP contribution is 2.31. The first-order valence-corrected chi connectivity index (χ1v) is 8.04. The number of carbonyl (C=O) groups excluding carboxylic acids is 1. The van der Waals surface area contributed by atoms with Crippen LogP contribution in [0, 0.1) is 6.92 Å². The topological polar surface area (TPSA) is 56.8 Å². The van der Waals surface area contributed by atoms with Crippen molar-refractivity contribution in [3.05, 3.63) is 47.0 Å². The van der Waals surface area contributed by atoms with Gasteiger partial charge < -0.3 is 19.5 Å². The van der Waals surface area contributed by atoms with Gasteiger partial charge in [-0.05, 0) is 49.7 Å². The van der Waals surface area contributed by atoms with E-state index in [4.69, 9.17) is 21.1 Å². The SMILES string of the molecule is COc1ccc(NC(=O)C(C)Oc2ccc(Cl)c(C)c2)cc1OC(F)F. The summed E-state index contributed by atoms with van der Waals surface area (Å²) < 4.78 is 39.8. The molecule has 1 atom stereocenters. The number of hydrogen-bond acceptors (Lipinski definition) is 4. The molecule has 2 rings (SSSR count). The predicted octanol–water partition coefficient (Wildman–Crippen LogP) is 4.66. The summed E-state index contributed by atoms with van der Waals surface area (Å²) in [5, 5.41) is 3.18. The third-order valence-electron chi connectivity index (χ3n) is 3.46. The van der Waals surface area contributed by atoms with Gasteiger partial charge in [0.25, 0.3) is 5.91 Å². The minimum atomic E-state index is -3.01. The van der Waals surface area contributed by atoms with Gasteiger partial charge in [0.1, 0.15) is 5.75 Å². The average molecular weight is 386 g/mol. The third kappa shape index (κ3) is 5.23. The van der Waals surface area contributed by atoms with Crippen molar-refractivity contribution < 1.29 is 27.8 Å². The lowest BCUT2D eigenvalue weighted by Gasteiger charge is -2.16. The van der Waals surface area contributed by atoms with Gasteiger partial charge in [0, 0.05) is 16.8 Å². The fraction of sp³-hybridized carbons (Fsp3) is 0.278. The molecule has 0 aliphatic rings. The number of aryl methyl sites for hydroxylation is 1. The molecule has 0 spiro atoms. The van der Waals surface area contributed by atoms with Crippen LogP contribution in [0.25, 0.3) is 0 Å². The molecule has 1 N–H and O–H groups in total. The molecule has 0 radical (unpaired) electrons. The summed E-state index contributed by atoms with van der Waals surface area (Å²) in [6, 6.07) is 9.22. The fourth-order valence-electron chi connectivity index (χ4n) is 2.13. The second-order valence-corrected chi connectivity index (χ2v) is 5.81. The van der Waals surface area contributed by atoms with Crippen molar-refractivity contribution in [1.82, 2.24) is 0 Å². The lowest BCUT2D eigenvalue weighted by molar-refractivity contribution is -0.122. The number of hydrogen-bond donors (Lipinski definition) is 1. The Hall–Kier alpha value is -2.54. The summed E-state index contributed by atoms with van der Waals surface area (Å²) in [5.41, 5.74) is 1.09. The van der Waals surface area contributed by atoms with Crippen LogP contribution < -0.4 is 19.5 Å². The van der Waals surface area contributed by atoms with Gasteiger partial charge in [-0.1, -0.05) is 11.6 Å². The molecule has 0 aromatic heterocycles. The summed E-state index contributed by atoms with van der Waals surface area (Å²) in [5.74, 6) is -0.0109. The van der Waals surface area contributed by atoms with E-state index in [0.717, 1.165) is 5.56 Å². The molecule has 5 nitrogen and oxygen atoms in total. The van der Waals surface area contributed by atoms with Crippen molar-refractivity contribution in [1.29, 1.82) is 0 Å². The van der Waals surface area contributed by atoms with Crippen LogP contribution >= 0.6 is 11.6 Å². The van der Waals surface area contributed by atoms with E-state index in [1.807, 2.05) is 6.92 Å². The van der Waals surface area contributed by atoms with Gasteiger partial charge in [0.2, 0.25) is 0 Å². The van der Waals surface area contributed by atoms with Crippen LogP contribution in [0.1, 0.15) is 12.5 Å². The Labute approximate surface area is 154 Å². The minimum Gasteiger partial charge on any atom is -0.493 e. The van der Waals surface area contributed by atoms with Gasteiger partial charge in [0.15, 0.2) is 17.6 Å². The molecule has 1 amide bonds. The summed E-state index contributed by atoms with van der Waals surface area (Å²) in [7, 11) is 1.33. The Bertz CT molecular complexity index is 786. The molecule has 1 unspecified atom stereocenters. The smallest absolute Gasteiger partial charge is 0.387 e. The van der Waals surface area contributed by atoms with E-state index < -0.39 is 18.6 Å². The van der Waals surface area contributed by atoms with Crippen molar-refractivity contribution in [2.24, 2.45) is 0 Å². The number of carbonyl (C=O) groups is 1. The van der Waals surface area contributed by atoms with Crippen LogP contribution in [-0.2, 0) is 4.79 Å². The molecule has 0 heterocycles. The number of rotatable bonds is 7. The van der Waals surface area contributed by atoms with Crippen LogP contribution in [-0.4, -0.2) is 25.7 Å². The predicted molar refractivity (Wildman–Crippen MR) is 94.5 cm³/mol. The lowest BCUT2D eigenvalue weighted by Crippen LogP contribution is -2.30. The lowest BCUT2D eigenvalue weighted by atomic mass is 10.2. The number of amides is 1. The van der Waals surface area contributed by atoms with Crippen molar-refractivity contribution in [2.45, 2.75) is 26.6 Å². The summed E-state index contributed by atoms with van der Waals surface area (Å²) in [4.78, 5) is 12.3. The van der Waals surface area contributed by atoms with Crippen LogP contribution in [0.4, 0.5) is 14.5 Å². The minimum absolute atomic E-state index is 0.129. The molecular weight excluding hydrogens is 368 g/mol. The maximum absolute atomic E-state index is 12.5. The van der Waals surface area contributed by atoms with Crippen LogP contribution in [0.3, 0.4) is 0 Å². The fourth-order valence-corrected chi connectivity index (χ4v) is 2.25. The van der Waals surface area contributed by atoms with Gasteiger partial charge in [0.05, 0.1) is 7.11 Å². The maximum atomic E-state index is 12.5. The van der Waals surface area contributed by atoms with E-state index in [0.29, 0.717) is 10.8 Å². The van der Waals surface area contributed by atoms with Gasteiger partial charge in [-0.15, -0.1) is 0 Å². The van der Waals surface area contributed by atoms with Gasteiger partial charge in [-0.25, -0.2) is 0 Å². The average Bonchev–Trinajstić information content (AvgIpc) is 2.58. The monoisotopic (exact) mass is 385 g/mol. The number of methoxy groups -OCH3 is 1. The summed E-state index contributed by atoms with van der Waals surface area (Å²) in [6.45, 7) is 0.381. The molecule has 0 fully saturated rings. The zero-order valence-electron chi connectivity index (χ0n) is 14.4. The quantitative estimate of drug-likeness (QED) is 0.752. The van der Waals surface area contributed by atoms with E-state index in [1.165, 1.54) is 25.3 Å². The number of benzene rings is 2. The molecule has 0 saturated carbocycles. The van der Waals surface area contributed by atoms with E-state index >= 15 is 0 Å². The number of nitrogens with one attached hydrogen (secondary N) is 1. The first-order valence-electron chi connectivity index (χ1n) is 7.66. The van der Waals surface area contributed by atoms with Crippen molar-refractivity contribution in [3.63, 3.8) is 0 Å². The molecular formula is C18H18ClF2NO4. The van der Waals surface area contributed by atoms with Crippen molar-refractivity contribution in [3.8, 4) is 17.2 Å². The highest BCUT2D eigenvalue weighted by atomic mass is 35.5. The second kappa shape index (κ2) is 8.71. The van der Waals surface area contributed by atoms with E-state index in [9.17, 15) is 13.6 Å². The Morgan fingerprint density at radius 3 is 2.46 bits per heavy atom. The summed E-state index contributed by atoms with van der Waals surface area (Å²) in [6.07, 6.45) is -0.822. The van der Waals surface area contributed by atoms with E-state index in [1.54, 1.807) is 25.1 Å². The maximum Gasteiger partial charge on any atom is 0.387 e.